The van der Waals surface area contributed by atoms with Crippen LogP contribution in [0.1, 0.15) is 17.2 Å². The predicted octanol–water partition coefficient (Wildman–Crippen LogP) is 3.75. The molecule has 2 aliphatic heterocycles. The third kappa shape index (κ3) is 4.99. The third-order valence-corrected chi connectivity index (χ3v) is 6.92. The molecule has 6 rings (SSSR count). The van der Waals surface area contributed by atoms with Gasteiger partial charge in [0.2, 0.25) is 12.7 Å². The van der Waals surface area contributed by atoms with Crippen LogP contribution in [0.25, 0.3) is 11.0 Å². The van der Waals surface area contributed by atoms with E-state index in [2.05, 4.69) is 21.2 Å². The number of hydrogen-bond acceptors (Lipinski definition) is 8. The molecular weight excluding hydrogens is 499 g/mol. The Morgan fingerprint density at radius 1 is 0.949 bits per heavy atom. The maximum absolute atomic E-state index is 13.4. The van der Waals surface area contributed by atoms with E-state index in [1.165, 1.54) is 12.1 Å². The molecule has 0 aliphatic carbocycles. The molecule has 0 bridgehead atoms. The van der Waals surface area contributed by atoms with Gasteiger partial charge in [-0.25, -0.2) is 14.4 Å². The highest BCUT2D eigenvalue weighted by molar-refractivity contribution is 5.89. The van der Waals surface area contributed by atoms with E-state index in [0.717, 1.165) is 11.3 Å². The summed E-state index contributed by atoms with van der Waals surface area (Å²) >= 11 is 0. The van der Waals surface area contributed by atoms with Crippen molar-refractivity contribution in [2.24, 2.45) is 0 Å². The van der Waals surface area contributed by atoms with E-state index in [4.69, 9.17) is 19.4 Å². The van der Waals surface area contributed by atoms with Gasteiger partial charge in [0.05, 0.1) is 17.1 Å². The quantitative estimate of drug-likeness (QED) is 0.407. The van der Waals surface area contributed by atoms with Crippen molar-refractivity contribution < 1.29 is 18.7 Å². The van der Waals surface area contributed by atoms with Crippen molar-refractivity contribution in [2.75, 3.05) is 42.8 Å². The Labute approximate surface area is 224 Å². The number of carbonyl (C=O) groups excluding carboxylic acids is 1. The summed E-state index contributed by atoms with van der Waals surface area (Å²) in [7, 11) is 0. The maximum atomic E-state index is 13.4. The minimum Gasteiger partial charge on any atom is -0.454 e. The first kappa shape index (κ1) is 24.4. The van der Waals surface area contributed by atoms with Crippen LogP contribution in [-0.2, 0) is 11.3 Å². The zero-order chi connectivity index (χ0) is 26.8. The predicted molar refractivity (Wildman–Crippen MR) is 143 cm³/mol. The van der Waals surface area contributed by atoms with E-state index in [-0.39, 0.29) is 19.2 Å². The minimum atomic E-state index is -1.15. The first-order chi connectivity index (χ1) is 19.1. The van der Waals surface area contributed by atoms with Crippen molar-refractivity contribution in [3.63, 3.8) is 0 Å². The Kier molecular flexibility index (Phi) is 6.55. The number of aromatic nitrogens is 2. The van der Waals surface area contributed by atoms with Gasteiger partial charge in [-0.1, -0.05) is 18.2 Å². The van der Waals surface area contributed by atoms with Gasteiger partial charge in [0.25, 0.3) is 0 Å². The van der Waals surface area contributed by atoms with Crippen LogP contribution in [0.2, 0.25) is 0 Å². The Balaban J connectivity index is 1.24. The van der Waals surface area contributed by atoms with E-state index < -0.39 is 11.8 Å². The van der Waals surface area contributed by atoms with Crippen LogP contribution in [-0.4, -0.2) is 48.8 Å². The molecule has 10 heteroatoms. The molecule has 1 fully saturated rings. The van der Waals surface area contributed by atoms with Gasteiger partial charge in [0, 0.05) is 38.4 Å². The van der Waals surface area contributed by atoms with Crippen LogP contribution in [0, 0.1) is 17.1 Å². The van der Waals surface area contributed by atoms with E-state index in [1.54, 1.807) is 18.2 Å². The van der Waals surface area contributed by atoms with Crippen LogP contribution >= 0.6 is 0 Å². The zero-order valence-electron chi connectivity index (χ0n) is 21.0. The summed E-state index contributed by atoms with van der Waals surface area (Å²) in [5.41, 5.74) is 3.40. The molecule has 1 aromatic heterocycles. The summed E-state index contributed by atoms with van der Waals surface area (Å²) in [6.45, 7) is 2.95. The van der Waals surface area contributed by atoms with Gasteiger partial charge in [0.15, 0.2) is 23.2 Å². The number of nitrogens with one attached hydrogen (secondary N) is 1. The van der Waals surface area contributed by atoms with Crippen LogP contribution in [0.5, 0.6) is 11.5 Å². The zero-order valence-corrected chi connectivity index (χ0v) is 21.0. The largest absolute Gasteiger partial charge is 0.454 e. The normalized spacial score (nSPS) is 15.2. The van der Waals surface area contributed by atoms with Gasteiger partial charge in [0.1, 0.15) is 11.5 Å². The summed E-state index contributed by atoms with van der Waals surface area (Å²) < 4.78 is 24.1. The summed E-state index contributed by atoms with van der Waals surface area (Å²) in [5, 5.41) is 13.0. The third-order valence-electron chi connectivity index (χ3n) is 6.92. The highest BCUT2D eigenvalue weighted by Crippen LogP contribution is 2.33. The Bertz CT molecular complexity index is 1560. The lowest BCUT2D eigenvalue weighted by Gasteiger charge is -2.37. The van der Waals surface area contributed by atoms with Crippen molar-refractivity contribution in [1.82, 2.24) is 15.3 Å². The Morgan fingerprint density at radius 2 is 1.64 bits per heavy atom. The van der Waals surface area contributed by atoms with Gasteiger partial charge in [-0.3, -0.25) is 4.79 Å². The number of carbonyl (C=O) groups is 1. The minimum absolute atomic E-state index is 0.170. The molecule has 2 aliphatic rings. The smallest absolute Gasteiger partial charge is 0.243 e. The lowest BCUT2D eigenvalue weighted by Crippen LogP contribution is -2.47. The lowest BCUT2D eigenvalue weighted by molar-refractivity contribution is -0.121. The van der Waals surface area contributed by atoms with Crippen LogP contribution in [0.15, 0.2) is 66.7 Å². The second kappa shape index (κ2) is 10.5. The number of anilines is 2. The van der Waals surface area contributed by atoms with Gasteiger partial charge in [-0.2, -0.15) is 5.26 Å². The Hall–Kier alpha value is -4.91. The summed E-state index contributed by atoms with van der Waals surface area (Å²) in [5.74, 6) is -0.0612. The van der Waals surface area contributed by atoms with Gasteiger partial charge in [-0.05, 0) is 54.1 Å². The summed E-state index contributed by atoms with van der Waals surface area (Å²) in [6.07, 6.45) is 0. The molecule has 196 valence electrons. The number of piperazine rings is 1. The molecule has 9 nitrogen and oxygen atoms in total. The highest BCUT2D eigenvalue weighted by atomic mass is 19.1. The number of amides is 1. The van der Waals surface area contributed by atoms with Crippen molar-refractivity contribution in [3.05, 3.63) is 83.8 Å². The molecule has 1 N–H and O–H groups in total. The summed E-state index contributed by atoms with van der Waals surface area (Å²) in [6, 6.07) is 21.5. The topological polar surface area (TPSA) is 104 Å². The number of nitrogens with zero attached hydrogens (tertiary/aromatic N) is 5. The average molecular weight is 525 g/mol. The molecule has 0 radical (unpaired) electrons. The second-order valence-corrected chi connectivity index (χ2v) is 9.34. The molecule has 3 heterocycles. The van der Waals surface area contributed by atoms with Crippen LogP contribution < -0.4 is 24.6 Å². The molecule has 3 aromatic carbocycles. The number of benzene rings is 3. The maximum Gasteiger partial charge on any atom is 0.243 e. The van der Waals surface area contributed by atoms with Crippen molar-refractivity contribution in [2.45, 2.75) is 12.5 Å². The number of nitriles is 1. The number of fused-ring (bicyclic) bond motifs is 2. The number of para-hydroxylation sites is 2. The molecule has 0 unspecified atom stereocenters. The van der Waals surface area contributed by atoms with Crippen molar-refractivity contribution in [3.8, 4) is 17.6 Å². The molecule has 39 heavy (non-hydrogen) atoms. The number of rotatable bonds is 6. The lowest BCUT2D eigenvalue weighted by atomic mass is 10.0. The molecule has 0 saturated carbocycles. The van der Waals surface area contributed by atoms with Crippen molar-refractivity contribution in [1.29, 1.82) is 5.26 Å². The fraction of sp³-hybridized carbons (Fsp3) is 0.241. The van der Waals surface area contributed by atoms with E-state index in [1.807, 2.05) is 36.4 Å². The fourth-order valence-corrected chi connectivity index (χ4v) is 4.85. The van der Waals surface area contributed by atoms with Crippen molar-refractivity contribution >= 4 is 28.4 Å². The first-order valence-corrected chi connectivity index (χ1v) is 12.7. The Morgan fingerprint density at radius 3 is 2.38 bits per heavy atom. The van der Waals surface area contributed by atoms with E-state index in [0.29, 0.717) is 60.2 Å². The van der Waals surface area contributed by atoms with E-state index >= 15 is 0 Å². The van der Waals surface area contributed by atoms with Gasteiger partial charge in [-0.15, -0.1) is 0 Å². The van der Waals surface area contributed by atoms with Gasteiger partial charge < -0.3 is 24.6 Å². The first-order valence-electron chi connectivity index (χ1n) is 12.7. The standard InChI is InChI=1S/C29H25FN6O3/c30-20-6-8-21(9-7-20)35-11-13-36(14-12-35)28-27(33-23-3-1-2-4-24(23)34-28)22(16-31)29(37)32-17-19-5-10-25-26(15-19)39-18-38-25/h1-10,15,22H,11-14,17-18H2,(H,32,37)/t22-/m0/s1. The molecule has 4 aromatic rings. The second-order valence-electron chi connectivity index (χ2n) is 9.34. The average Bonchev–Trinajstić information content (AvgIpc) is 3.45. The monoisotopic (exact) mass is 524 g/mol. The summed E-state index contributed by atoms with van der Waals surface area (Å²) in [4.78, 5) is 27.1. The highest BCUT2D eigenvalue weighted by Gasteiger charge is 2.30. The number of ether oxygens (including phenoxy) is 2. The number of halogens is 1. The molecule has 1 saturated heterocycles. The van der Waals surface area contributed by atoms with Gasteiger partial charge >= 0.3 is 0 Å². The van der Waals surface area contributed by atoms with E-state index in [9.17, 15) is 14.4 Å². The molecular formula is C29H25FN6O3. The molecule has 0 spiro atoms. The van der Waals surface area contributed by atoms with Crippen LogP contribution in [0.3, 0.4) is 0 Å². The SMILES string of the molecule is N#C[C@H](C(=O)NCc1ccc2c(c1)OCO2)c1nc2ccccc2nc1N1CCN(c2ccc(F)cc2)CC1. The fourth-order valence-electron chi connectivity index (χ4n) is 4.85. The molecule has 1 amide bonds. The molecule has 1 atom stereocenters. The number of hydrogen-bond donors (Lipinski definition) is 1. The van der Waals surface area contributed by atoms with Crippen LogP contribution in [0.4, 0.5) is 15.9 Å².